The maximum absolute atomic E-state index is 12.5. The number of fused-ring (bicyclic) bond motifs is 1. The van der Waals surface area contributed by atoms with Gasteiger partial charge in [-0.1, -0.05) is 11.6 Å². The second-order valence-electron chi connectivity index (χ2n) is 5.37. The van der Waals surface area contributed by atoms with Gasteiger partial charge >= 0.3 is 0 Å². The lowest BCUT2D eigenvalue weighted by atomic mass is 10.1. The molecule has 2 aliphatic rings. The van der Waals surface area contributed by atoms with Gasteiger partial charge in [0.05, 0.1) is 10.5 Å². The van der Waals surface area contributed by atoms with Crippen LogP contribution < -0.4 is 0 Å². The molecular weight excluding hydrogens is 296 g/mol. The molecule has 0 bridgehead atoms. The topological polar surface area (TPSA) is 79.6 Å². The Morgan fingerprint density at radius 1 is 1.43 bits per heavy atom. The van der Waals surface area contributed by atoms with Crippen LogP contribution in [0.4, 0.5) is 5.69 Å². The minimum atomic E-state index is -0.574. The lowest BCUT2D eigenvalue weighted by Crippen LogP contribution is -2.52. The number of piperazine rings is 1. The Kier molecular flexibility index (Phi) is 3.77. The fourth-order valence-electron chi connectivity index (χ4n) is 3.03. The number of rotatable bonds is 2. The predicted octanol–water partition coefficient (Wildman–Crippen LogP) is 1.56. The van der Waals surface area contributed by atoms with Crippen LogP contribution in [0, 0.1) is 10.1 Å². The van der Waals surface area contributed by atoms with Crippen molar-refractivity contribution < 1.29 is 9.72 Å². The van der Waals surface area contributed by atoms with Crippen molar-refractivity contribution in [2.45, 2.75) is 18.9 Å². The molecule has 21 heavy (non-hydrogen) atoms. The van der Waals surface area contributed by atoms with E-state index >= 15 is 0 Å². The summed E-state index contributed by atoms with van der Waals surface area (Å²) < 4.78 is 0. The zero-order chi connectivity index (χ0) is 15.0. The van der Waals surface area contributed by atoms with Gasteiger partial charge in [-0.05, 0) is 19.4 Å². The number of carbonyl (C=O) groups excluding carboxylic acids is 1. The molecule has 1 unspecified atom stereocenters. The van der Waals surface area contributed by atoms with Crippen LogP contribution in [-0.4, -0.2) is 57.8 Å². The Labute approximate surface area is 126 Å². The van der Waals surface area contributed by atoms with Crippen molar-refractivity contribution in [3.63, 3.8) is 0 Å². The number of pyridine rings is 1. The first kappa shape index (κ1) is 14.2. The molecule has 8 heteroatoms. The zero-order valence-corrected chi connectivity index (χ0v) is 12.1. The highest BCUT2D eigenvalue weighted by Gasteiger charge is 2.33. The van der Waals surface area contributed by atoms with E-state index in [1.54, 1.807) is 4.90 Å². The number of amides is 1. The number of hydrogen-bond acceptors (Lipinski definition) is 5. The van der Waals surface area contributed by atoms with Gasteiger partial charge in [-0.2, -0.15) is 0 Å². The third-order valence-corrected chi connectivity index (χ3v) is 4.44. The van der Waals surface area contributed by atoms with E-state index in [0.717, 1.165) is 32.1 Å². The molecule has 0 saturated carbocycles. The highest BCUT2D eigenvalue weighted by Crippen LogP contribution is 2.25. The highest BCUT2D eigenvalue weighted by atomic mass is 35.5. The molecule has 1 amide bonds. The van der Waals surface area contributed by atoms with Crippen LogP contribution in [-0.2, 0) is 0 Å². The fraction of sp³-hybridized carbons (Fsp3) is 0.538. The maximum Gasteiger partial charge on any atom is 0.288 e. The Morgan fingerprint density at radius 3 is 3.00 bits per heavy atom. The molecular formula is C13H15ClN4O3. The van der Waals surface area contributed by atoms with Crippen molar-refractivity contribution in [1.82, 2.24) is 14.8 Å². The van der Waals surface area contributed by atoms with E-state index in [9.17, 15) is 14.9 Å². The maximum atomic E-state index is 12.5. The van der Waals surface area contributed by atoms with Crippen molar-refractivity contribution in [3.05, 3.63) is 33.1 Å². The smallest absolute Gasteiger partial charge is 0.288 e. The Morgan fingerprint density at radius 2 is 2.24 bits per heavy atom. The van der Waals surface area contributed by atoms with Crippen molar-refractivity contribution in [2.75, 3.05) is 26.2 Å². The summed E-state index contributed by atoms with van der Waals surface area (Å²) in [6.45, 7) is 3.20. The molecule has 0 radical (unpaired) electrons. The zero-order valence-electron chi connectivity index (χ0n) is 11.4. The molecule has 2 saturated heterocycles. The van der Waals surface area contributed by atoms with E-state index in [0.29, 0.717) is 19.1 Å². The molecule has 7 nitrogen and oxygen atoms in total. The third-order valence-electron chi connectivity index (χ3n) is 4.14. The van der Waals surface area contributed by atoms with Crippen LogP contribution in [0.1, 0.15) is 23.2 Å². The summed E-state index contributed by atoms with van der Waals surface area (Å²) >= 11 is 5.93. The Bertz CT molecular complexity index is 595. The first-order valence-electron chi connectivity index (χ1n) is 6.89. The van der Waals surface area contributed by atoms with E-state index in [1.165, 1.54) is 6.07 Å². The Hall–Kier alpha value is -1.73. The standard InChI is InChI=1S/C13H15ClN4O3/c14-12-11(6-10(7-15-12)18(20)21)13(19)17-5-4-16-3-1-2-9(16)8-17/h6-7,9H,1-5,8H2. The van der Waals surface area contributed by atoms with Gasteiger partial charge in [0.15, 0.2) is 0 Å². The number of halogens is 1. The summed E-state index contributed by atoms with van der Waals surface area (Å²) in [6.07, 6.45) is 3.31. The second kappa shape index (κ2) is 5.57. The molecule has 0 spiro atoms. The van der Waals surface area contributed by atoms with Crippen molar-refractivity contribution in [1.29, 1.82) is 0 Å². The first-order valence-corrected chi connectivity index (χ1v) is 7.27. The molecule has 0 N–H and O–H groups in total. The van der Waals surface area contributed by atoms with Crippen LogP contribution in [0.3, 0.4) is 0 Å². The van der Waals surface area contributed by atoms with Crippen LogP contribution in [0.25, 0.3) is 0 Å². The fourth-order valence-corrected chi connectivity index (χ4v) is 3.22. The number of nitro groups is 1. The van der Waals surface area contributed by atoms with Gasteiger partial charge < -0.3 is 4.90 Å². The number of aromatic nitrogens is 1. The quantitative estimate of drug-likeness (QED) is 0.470. The summed E-state index contributed by atoms with van der Waals surface area (Å²) in [5, 5.41) is 10.8. The number of hydrogen-bond donors (Lipinski definition) is 0. The van der Waals surface area contributed by atoms with E-state index in [-0.39, 0.29) is 22.3 Å². The molecule has 112 valence electrons. The monoisotopic (exact) mass is 310 g/mol. The minimum absolute atomic E-state index is 0.0134. The van der Waals surface area contributed by atoms with Crippen molar-refractivity contribution >= 4 is 23.2 Å². The largest absolute Gasteiger partial charge is 0.336 e. The predicted molar refractivity (Wildman–Crippen MR) is 76.4 cm³/mol. The van der Waals surface area contributed by atoms with Gasteiger partial charge in [0, 0.05) is 31.7 Å². The van der Waals surface area contributed by atoms with Gasteiger partial charge in [-0.15, -0.1) is 0 Å². The third kappa shape index (κ3) is 2.71. The van der Waals surface area contributed by atoms with Gasteiger partial charge in [0.2, 0.25) is 0 Å². The molecule has 0 aliphatic carbocycles. The number of carbonyl (C=O) groups is 1. The summed E-state index contributed by atoms with van der Waals surface area (Å²) in [4.78, 5) is 30.6. The van der Waals surface area contributed by atoms with Gasteiger partial charge in [-0.3, -0.25) is 19.8 Å². The van der Waals surface area contributed by atoms with Crippen LogP contribution in [0.15, 0.2) is 12.3 Å². The van der Waals surface area contributed by atoms with Crippen molar-refractivity contribution in [2.24, 2.45) is 0 Å². The lowest BCUT2D eigenvalue weighted by molar-refractivity contribution is -0.385. The van der Waals surface area contributed by atoms with E-state index in [4.69, 9.17) is 11.6 Å². The molecule has 1 aromatic rings. The molecule has 2 fully saturated rings. The van der Waals surface area contributed by atoms with Gasteiger partial charge in [-0.25, -0.2) is 4.98 Å². The van der Waals surface area contributed by atoms with E-state index in [2.05, 4.69) is 9.88 Å². The average Bonchev–Trinajstić information content (AvgIpc) is 2.94. The average molecular weight is 311 g/mol. The van der Waals surface area contributed by atoms with Gasteiger partial charge in [0.1, 0.15) is 11.3 Å². The molecule has 3 heterocycles. The normalized spacial score (nSPS) is 22.1. The molecule has 0 aromatic carbocycles. The van der Waals surface area contributed by atoms with E-state index in [1.807, 2.05) is 0 Å². The molecule has 1 atom stereocenters. The van der Waals surface area contributed by atoms with Crippen LogP contribution in [0.5, 0.6) is 0 Å². The number of nitrogens with zero attached hydrogens (tertiary/aromatic N) is 4. The van der Waals surface area contributed by atoms with Crippen molar-refractivity contribution in [3.8, 4) is 0 Å². The summed E-state index contributed by atoms with van der Waals surface area (Å²) in [7, 11) is 0. The molecule has 2 aliphatic heterocycles. The summed E-state index contributed by atoms with van der Waals surface area (Å²) in [5.41, 5.74) is -0.112. The summed E-state index contributed by atoms with van der Waals surface area (Å²) in [6, 6.07) is 1.60. The Balaban J connectivity index is 1.81. The van der Waals surface area contributed by atoms with E-state index < -0.39 is 4.92 Å². The van der Waals surface area contributed by atoms with Crippen LogP contribution in [0.2, 0.25) is 5.15 Å². The molecule has 3 rings (SSSR count). The van der Waals surface area contributed by atoms with Crippen LogP contribution >= 0.6 is 11.6 Å². The SMILES string of the molecule is O=C(c1cc([N+](=O)[O-])cnc1Cl)N1CCN2CCCC2C1. The lowest BCUT2D eigenvalue weighted by Gasteiger charge is -2.37. The van der Waals surface area contributed by atoms with Gasteiger partial charge in [0.25, 0.3) is 11.6 Å². The summed E-state index contributed by atoms with van der Waals surface area (Å²) in [5.74, 6) is -0.275. The minimum Gasteiger partial charge on any atom is -0.336 e. The first-order chi connectivity index (χ1) is 10.1. The second-order valence-corrected chi connectivity index (χ2v) is 5.73. The molecule has 1 aromatic heterocycles. The highest BCUT2D eigenvalue weighted by molar-refractivity contribution is 6.32.